The van der Waals surface area contributed by atoms with Crippen molar-refractivity contribution in [2.45, 2.75) is 0 Å². The zero-order chi connectivity index (χ0) is 22.1. The largest absolute Gasteiger partial charge is 0.504 e. The number of hydrogen-bond acceptors (Lipinski definition) is 5. The lowest BCUT2D eigenvalue weighted by Gasteiger charge is -2.08. The average molecular weight is 704 g/mol. The quantitative estimate of drug-likeness (QED) is 0.192. The van der Waals surface area contributed by atoms with Gasteiger partial charge >= 0.3 is 0 Å². The number of pyridine rings is 1. The SMILES string of the molecule is COc1cc(-c2nc3ccc(Br)cn3c2N=Cc2cc(I)cc(I)c2OC)ccc1O. The number of ether oxygens (including phenoxy) is 2. The van der Waals surface area contributed by atoms with Crippen LogP contribution < -0.4 is 9.47 Å². The fourth-order valence-corrected chi connectivity index (χ4v) is 5.62. The van der Waals surface area contributed by atoms with Crippen LogP contribution in [0.1, 0.15) is 5.56 Å². The fourth-order valence-electron chi connectivity index (χ4n) is 3.17. The second kappa shape index (κ2) is 9.33. The van der Waals surface area contributed by atoms with Gasteiger partial charge in [0.15, 0.2) is 17.3 Å². The fraction of sp³-hybridized carbons (Fsp3) is 0.0909. The Bertz CT molecular complexity index is 1320. The van der Waals surface area contributed by atoms with Crippen LogP contribution in [0.3, 0.4) is 0 Å². The number of nitrogens with zero attached hydrogens (tertiary/aromatic N) is 3. The summed E-state index contributed by atoms with van der Waals surface area (Å²) in [6.45, 7) is 0. The van der Waals surface area contributed by atoms with Crippen LogP contribution in [0.2, 0.25) is 0 Å². The predicted molar refractivity (Wildman–Crippen MR) is 142 cm³/mol. The molecule has 9 heteroatoms. The molecule has 0 unspecified atom stereocenters. The molecule has 4 rings (SSSR count). The summed E-state index contributed by atoms with van der Waals surface area (Å²) >= 11 is 8.06. The first-order chi connectivity index (χ1) is 14.9. The minimum Gasteiger partial charge on any atom is -0.504 e. The summed E-state index contributed by atoms with van der Waals surface area (Å²) in [5.74, 6) is 1.87. The van der Waals surface area contributed by atoms with Crippen molar-refractivity contribution in [3.8, 4) is 28.5 Å². The van der Waals surface area contributed by atoms with Gasteiger partial charge in [-0.15, -0.1) is 0 Å². The number of fused-ring (bicyclic) bond motifs is 1. The average Bonchev–Trinajstić information content (AvgIpc) is 3.10. The van der Waals surface area contributed by atoms with Gasteiger partial charge in [-0.1, -0.05) is 0 Å². The molecule has 2 aromatic carbocycles. The lowest BCUT2D eigenvalue weighted by Crippen LogP contribution is -1.95. The summed E-state index contributed by atoms with van der Waals surface area (Å²) in [6.07, 6.45) is 3.71. The number of phenolic OH excluding ortho intramolecular Hbond substituents is 1. The van der Waals surface area contributed by atoms with E-state index in [1.165, 1.54) is 7.11 Å². The summed E-state index contributed by atoms with van der Waals surface area (Å²) < 4.78 is 15.8. The lowest BCUT2D eigenvalue weighted by molar-refractivity contribution is 0.373. The number of aromatic hydroxyl groups is 1. The van der Waals surface area contributed by atoms with Crippen LogP contribution >= 0.6 is 61.1 Å². The van der Waals surface area contributed by atoms with Crippen LogP contribution in [0, 0.1) is 7.14 Å². The molecule has 0 saturated carbocycles. The van der Waals surface area contributed by atoms with Gasteiger partial charge in [0.1, 0.15) is 17.1 Å². The molecule has 0 spiro atoms. The van der Waals surface area contributed by atoms with Crippen LogP contribution in [0.4, 0.5) is 5.82 Å². The normalized spacial score (nSPS) is 11.4. The number of halogens is 3. The van der Waals surface area contributed by atoms with Gasteiger partial charge in [0.05, 0.1) is 17.8 Å². The Balaban J connectivity index is 1.92. The van der Waals surface area contributed by atoms with E-state index in [9.17, 15) is 5.11 Å². The molecule has 0 aliphatic heterocycles. The van der Waals surface area contributed by atoms with Crippen molar-refractivity contribution in [1.82, 2.24) is 9.38 Å². The smallest absolute Gasteiger partial charge is 0.165 e. The summed E-state index contributed by atoms with van der Waals surface area (Å²) in [4.78, 5) is 9.59. The maximum absolute atomic E-state index is 9.99. The van der Waals surface area contributed by atoms with E-state index in [1.807, 2.05) is 28.8 Å². The predicted octanol–water partition coefficient (Wildman–Crippen LogP) is 6.45. The van der Waals surface area contributed by atoms with E-state index < -0.39 is 0 Å². The van der Waals surface area contributed by atoms with Crippen molar-refractivity contribution in [2.24, 2.45) is 4.99 Å². The molecule has 0 saturated heterocycles. The summed E-state index contributed by atoms with van der Waals surface area (Å²) in [7, 11) is 3.17. The number of aromatic nitrogens is 2. The highest BCUT2D eigenvalue weighted by molar-refractivity contribution is 14.1. The van der Waals surface area contributed by atoms with Gasteiger partial charge in [-0.25, -0.2) is 9.98 Å². The van der Waals surface area contributed by atoms with Gasteiger partial charge in [0.25, 0.3) is 0 Å². The van der Waals surface area contributed by atoms with Crippen molar-refractivity contribution in [2.75, 3.05) is 14.2 Å². The summed E-state index contributed by atoms with van der Waals surface area (Å²) in [5.41, 5.74) is 3.08. The van der Waals surface area contributed by atoms with Crippen LogP contribution in [-0.4, -0.2) is 34.9 Å². The van der Waals surface area contributed by atoms with Crippen LogP contribution in [0.25, 0.3) is 16.9 Å². The Kier molecular flexibility index (Phi) is 6.72. The number of imidazole rings is 1. The van der Waals surface area contributed by atoms with E-state index in [4.69, 9.17) is 19.5 Å². The third-order valence-electron chi connectivity index (χ3n) is 4.58. The number of methoxy groups -OCH3 is 2. The van der Waals surface area contributed by atoms with E-state index in [0.29, 0.717) is 17.3 Å². The molecule has 0 bridgehead atoms. The third kappa shape index (κ3) is 4.53. The molecule has 6 nitrogen and oxygen atoms in total. The van der Waals surface area contributed by atoms with Gasteiger partial charge < -0.3 is 14.6 Å². The zero-order valence-electron chi connectivity index (χ0n) is 16.4. The molecule has 0 atom stereocenters. The van der Waals surface area contributed by atoms with Gasteiger partial charge in [-0.2, -0.15) is 0 Å². The maximum atomic E-state index is 9.99. The highest BCUT2D eigenvalue weighted by Crippen LogP contribution is 2.37. The first-order valence-corrected chi connectivity index (χ1v) is 12.0. The Morgan fingerprint density at radius 2 is 1.90 bits per heavy atom. The van der Waals surface area contributed by atoms with Gasteiger partial charge in [0, 0.05) is 31.6 Å². The minimum atomic E-state index is 0.0704. The first kappa shape index (κ1) is 22.3. The zero-order valence-corrected chi connectivity index (χ0v) is 22.3. The highest BCUT2D eigenvalue weighted by atomic mass is 127. The van der Waals surface area contributed by atoms with Crippen molar-refractivity contribution in [1.29, 1.82) is 0 Å². The van der Waals surface area contributed by atoms with Gasteiger partial charge in [-0.3, -0.25) is 4.40 Å². The van der Waals surface area contributed by atoms with E-state index in [-0.39, 0.29) is 5.75 Å². The maximum Gasteiger partial charge on any atom is 0.165 e. The van der Waals surface area contributed by atoms with E-state index in [2.05, 4.69) is 67.2 Å². The molecule has 0 aliphatic rings. The Morgan fingerprint density at radius 3 is 2.65 bits per heavy atom. The van der Waals surface area contributed by atoms with E-state index >= 15 is 0 Å². The lowest BCUT2D eigenvalue weighted by atomic mass is 10.1. The molecular formula is C22H16BrI2N3O3. The molecule has 2 aromatic heterocycles. The number of benzene rings is 2. The number of hydrogen-bond donors (Lipinski definition) is 1. The number of rotatable bonds is 5. The minimum absolute atomic E-state index is 0.0704. The molecule has 0 radical (unpaired) electrons. The van der Waals surface area contributed by atoms with E-state index in [0.717, 1.165) is 34.1 Å². The van der Waals surface area contributed by atoms with Gasteiger partial charge in [-0.05, 0) is 104 Å². The first-order valence-electron chi connectivity index (χ1n) is 9.03. The highest BCUT2D eigenvalue weighted by Gasteiger charge is 2.16. The Labute approximate surface area is 214 Å². The van der Waals surface area contributed by atoms with Crippen LogP contribution in [0.15, 0.2) is 58.1 Å². The molecule has 4 aromatic rings. The molecule has 0 aliphatic carbocycles. The molecule has 1 N–H and O–H groups in total. The number of phenols is 1. The molecule has 0 fully saturated rings. The molecule has 2 heterocycles. The van der Waals surface area contributed by atoms with Crippen molar-refractivity contribution >= 4 is 78.8 Å². The van der Waals surface area contributed by atoms with Crippen molar-refractivity contribution < 1.29 is 14.6 Å². The number of aliphatic imine (C=N–C) groups is 1. The topological polar surface area (TPSA) is 68.4 Å². The van der Waals surface area contributed by atoms with E-state index in [1.54, 1.807) is 31.5 Å². The monoisotopic (exact) mass is 703 g/mol. The Hall–Kier alpha value is -1.86. The van der Waals surface area contributed by atoms with Gasteiger partial charge in [0.2, 0.25) is 0 Å². The van der Waals surface area contributed by atoms with Crippen LogP contribution in [-0.2, 0) is 0 Å². The standard InChI is InChI=1S/C22H16BrI2N3O3/c1-30-18-8-12(3-5-17(18)29)20-22(28-11-14(23)4-6-19(28)27-20)26-10-13-7-15(24)9-16(25)21(13)31-2/h3-11,29H,1-2H3. The second-order valence-electron chi connectivity index (χ2n) is 6.51. The Morgan fingerprint density at radius 1 is 1.10 bits per heavy atom. The second-order valence-corrected chi connectivity index (χ2v) is 9.84. The van der Waals surface area contributed by atoms with Crippen LogP contribution in [0.5, 0.6) is 17.2 Å². The molecule has 31 heavy (non-hydrogen) atoms. The van der Waals surface area contributed by atoms with Crippen molar-refractivity contribution in [3.63, 3.8) is 0 Å². The molecule has 158 valence electrons. The molecule has 0 amide bonds. The molecular weight excluding hydrogens is 688 g/mol. The summed E-state index contributed by atoms with van der Waals surface area (Å²) in [5, 5.41) is 9.99. The third-order valence-corrected chi connectivity index (χ3v) is 6.47. The van der Waals surface area contributed by atoms with Crippen molar-refractivity contribution in [3.05, 3.63) is 65.8 Å². The summed E-state index contributed by atoms with van der Waals surface area (Å²) in [6, 6.07) is 13.1.